The SMILES string of the molecule is CC(C)c1cc(C(C)C)c(C(C)/[N+]([O-])=C/C2CCCCC2)c(C(C)C)c1. The van der Waals surface area contributed by atoms with Crippen LogP contribution in [0.1, 0.15) is 127 Å². The number of hydrogen-bond donors (Lipinski definition) is 0. The number of nitrogens with zero attached hydrogens (tertiary/aromatic N) is 1. The molecule has 0 amide bonds. The van der Waals surface area contributed by atoms with E-state index in [1.54, 1.807) is 0 Å². The van der Waals surface area contributed by atoms with Crippen molar-refractivity contribution in [1.82, 2.24) is 0 Å². The summed E-state index contributed by atoms with van der Waals surface area (Å²) in [6.45, 7) is 15.6. The van der Waals surface area contributed by atoms with Crippen molar-refractivity contribution in [2.45, 2.75) is 104 Å². The van der Waals surface area contributed by atoms with Crippen LogP contribution < -0.4 is 0 Å². The van der Waals surface area contributed by atoms with Gasteiger partial charge >= 0.3 is 0 Å². The fraction of sp³-hybridized carbons (Fsp3) is 0.708. The molecule has 1 atom stereocenters. The van der Waals surface area contributed by atoms with Crippen LogP contribution in [-0.2, 0) is 0 Å². The van der Waals surface area contributed by atoms with Crippen molar-refractivity contribution >= 4 is 6.21 Å². The van der Waals surface area contributed by atoms with E-state index in [0.29, 0.717) is 23.7 Å². The van der Waals surface area contributed by atoms with E-state index >= 15 is 0 Å². The Hall–Kier alpha value is -1.31. The highest BCUT2D eigenvalue weighted by atomic mass is 16.5. The van der Waals surface area contributed by atoms with Gasteiger partial charge in [0.25, 0.3) is 0 Å². The summed E-state index contributed by atoms with van der Waals surface area (Å²) in [5.74, 6) is 1.81. The largest absolute Gasteiger partial charge is 0.624 e. The van der Waals surface area contributed by atoms with Gasteiger partial charge in [0.1, 0.15) is 0 Å². The Balaban J connectivity index is 2.49. The van der Waals surface area contributed by atoms with Crippen molar-refractivity contribution in [2.24, 2.45) is 5.92 Å². The van der Waals surface area contributed by atoms with Crippen LogP contribution >= 0.6 is 0 Å². The molecule has 1 aliphatic rings. The molecule has 1 saturated carbocycles. The fourth-order valence-corrected chi connectivity index (χ4v) is 4.24. The van der Waals surface area contributed by atoms with Crippen molar-refractivity contribution in [3.05, 3.63) is 39.6 Å². The molecule has 2 heteroatoms. The standard InChI is InChI=1S/C24H39NO/c1-16(2)21-13-22(17(3)4)24(23(14-21)18(5)6)19(7)25(26)15-20-11-9-8-10-12-20/h13-20H,8-12H2,1-7H3/b25-15-. The molecule has 0 saturated heterocycles. The molecule has 146 valence electrons. The molecule has 0 aromatic heterocycles. The maximum absolute atomic E-state index is 13.0. The second kappa shape index (κ2) is 9.06. The molecule has 1 aliphatic carbocycles. The molecule has 0 aliphatic heterocycles. The molecule has 1 aromatic rings. The van der Waals surface area contributed by atoms with E-state index in [1.807, 2.05) is 6.21 Å². The van der Waals surface area contributed by atoms with E-state index in [9.17, 15) is 5.21 Å². The van der Waals surface area contributed by atoms with E-state index in [0.717, 1.165) is 0 Å². The Kier molecular flexibility index (Phi) is 7.32. The lowest BCUT2D eigenvalue weighted by atomic mass is 9.82. The van der Waals surface area contributed by atoms with Gasteiger partial charge < -0.3 is 5.21 Å². The van der Waals surface area contributed by atoms with E-state index in [2.05, 4.69) is 60.6 Å². The van der Waals surface area contributed by atoms with Gasteiger partial charge in [-0.3, -0.25) is 0 Å². The lowest BCUT2D eigenvalue weighted by molar-refractivity contribution is -0.501. The van der Waals surface area contributed by atoms with Crippen LogP contribution in [-0.4, -0.2) is 11.0 Å². The van der Waals surface area contributed by atoms with Crippen LogP contribution in [0.4, 0.5) is 0 Å². The summed E-state index contributed by atoms with van der Waals surface area (Å²) < 4.78 is 1.26. The van der Waals surface area contributed by atoms with Gasteiger partial charge in [-0.1, -0.05) is 72.9 Å². The zero-order chi connectivity index (χ0) is 19.4. The van der Waals surface area contributed by atoms with Gasteiger partial charge in [0, 0.05) is 18.4 Å². The highest BCUT2D eigenvalue weighted by molar-refractivity contribution is 5.56. The zero-order valence-corrected chi connectivity index (χ0v) is 18.0. The smallest absolute Gasteiger partial charge is 0.185 e. The number of benzene rings is 1. The summed E-state index contributed by atoms with van der Waals surface area (Å²) in [6.07, 6.45) is 8.18. The van der Waals surface area contributed by atoms with Gasteiger partial charge in [-0.25, -0.2) is 4.74 Å². The predicted octanol–water partition coefficient (Wildman–Crippen LogP) is 7.28. The summed E-state index contributed by atoms with van der Waals surface area (Å²) in [7, 11) is 0. The van der Waals surface area contributed by atoms with E-state index in [4.69, 9.17) is 0 Å². The molecule has 0 bridgehead atoms. The maximum Gasteiger partial charge on any atom is 0.185 e. The molecular formula is C24H39NO. The summed E-state index contributed by atoms with van der Waals surface area (Å²) >= 11 is 0. The highest BCUT2D eigenvalue weighted by Gasteiger charge is 2.26. The number of hydroxylamine groups is 1. The molecule has 0 heterocycles. The van der Waals surface area contributed by atoms with E-state index in [1.165, 1.54) is 59.1 Å². The van der Waals surface area contributed by atoms with Gasteiger partial charge in [0.05, 0.1) is 0 Å². The molecule has 0 N–H and O–H groups in total. The molecule has 1 fully saturated rings. The normalized spacial score (nSPS) is 18.2. The monoisotopic (exact) mass is 357 g/mol. The van der Waals surface area contributed by atoms with Crippen LogP contribution in [0.25, 0.3) is 0 Å². The molecule has 26 heavy (non-hydrogen) atoms. The molecule has 0 spiro atoms. The van der Waals surface area contributed by atoms with Crippen LogP contribution in [0, 0.1) is 11.1 Å². The molecule has 1 aromatic carbocycles. The Morgan fingerprint density at radius 1 is 0.846 bits per heavy atom. The first-order valence-electron chi connectivity index (χ1n) is 10.7. The van der Waals surface area contributed by atoms with Crippen LogP contribution in [0.15, 0.2) is 12.1 Å². The minimum absolute atomic E-state index is 0.118. The molecule has 2 rings (SSSR count). The minimum Gasteiger partial charge on any atom is -0.624 e. The number of hydrogen-bond acceptors (Lipinski definition) is 1. The highest BCUT2D eigenvalue weighted by Crippen LogP contribution is 2.37. The fourth-order valence-electron chi connectivity index (χ4n) is 4.24. The zero-order valence-electron chi connectivity index (χ0n) is 18.0. The molecule has 2 nitrogen and oxygen atoms in total. The maximum atomic E-state index is 13.0. The van der Waals surface area contributed by atoms with Gasteiger partial charge in [-0.15, -0.1) is 0 Å². The van der Waals surface area contributed by atoms with Crippen LogP contribution in [0.2, 0.25) is 0 Å². The van der Waals surface area contributed by atoms with Gasteiger partial charge in [-0.2, -0.15) is 0 Å². The summed E-state index contributed by atoms with van der Waals surface area (Å²) in [6, 6.07) is 4.58. The average molecular weight is 358 g/mol. The second-order valence-corrected chi connectivity index (χ2v) is 9.16. The quantitative estimate of drug-likeness (QED) is 0.227. The van der Waals surface area contributed by atoms with Crippen molar-refractivity contribution in [3.8, 4) is 0 Å². The molecular weight excluding hydrogens is 318 g/mol. The third-order valence-corrected chi connectivity index (χ3v) is 5.98. The first kappa shape index (κ1) is 21.0. The predicted molar refractivity (Wildman–Crippen MR) is 113 cm³/mol. The number of rotatable bonds is 6. The third-order valence-electron chi connectivity index (χ3n) is 5.98. The third kappa shape index (κ3) is 4.90. The summed E-state index contributed by atoms with van der Waals surface area (Å²) in [4.78, 5) is 0. The second-order valence-electron chi connectivity index (χ2n) is 9.16. The van der Waals surface area contributed by atoms with Gasteiger partial charge in [-0.05, 0) is 47.3 Å². The lowest BCUT2D eigenvalue weighted by Crippen LogP contribution is -2.21. The van der Waals surface area contributed by atoms with Crippen molar-refractivity contribution in [1.29, 1.82) is 0 Å². The summed E-state index contributed by atoms with van der Waals surface area (Å²) in [5.41, 5.74) is 5.36. The van der Waals surface area contributed by atoms with Gasteiger partial charge in [0.15, 0.2) is 12.3 Å². The van der Waals surface area contributed by atoms with Crippen LogP contribution in [0.3, 0.4) is 0 Å². The Morgan fingerprint density at radius 2 is 1.35 bits per heavy atom. The van der Waals surface area contributed by atoms with Gasteiger partial charge in [0.2, 0.25) is 0 Å². The summed E-state index contributed by atoms with van der Waals surface area (Å²) in [5, 5.41) is 13.0. The lowest BCUT2D eigenvalue weighted by Gasteiger charge is -2.26. The molecule has 0 radical (unpaired) electrons. The Bertz CT molecular complexity index is 592. The van der Waals surface area contributed by atoms with Crippen molar-refractivity contribution < 1.29 is 4.74 Å². The molecule has 1 unspecified atom stereocenters. The van der Waals surface area contributed by atoms with E-state index < -0.39 is 0 Å². The van der Waals surface area contributed by atoms with Crippen molar-refractivity contribution in [2.75, 3.05) is 0 Å². The van der Waals surface area contributed by atoms with E-state index in [-0.39, 0.29) is 6.04 Å². The average Bonchev–Trinajstić information content (AvgIpc) is 2.60. The first-order valence-corrected chi connectivity index (χ1v) is 10.7. The van der Waals surface area contributed by atoms with Crippen LogP contribution in [0.5, 0.6) is 0 Å². The minimum atomic E-state index is -0.118. The topological polar surface area (TPSA) is 26.1 Å². The Morgan fingerprint density at radius 3 is 1.77 bits per heavy atom. The first-order chi connectivity index (χ1) is 12.2. The van der Waals surface area contributed by atoms with Crippen molar-refractivity contribution in [3.63, 3.8) is 0 Å². The Labute approximate surface area is 161 Å².